The van der Waals surface area contributed by atoms with Crippen LogP contribution >= 0.6 is 0 Å². The van der Waals surface area contributed by atoms with Gasteiger partial charge < -0.3 is 10.2 Å². The van der Waals surface area contributed by atoms with Crippen LogP contribution in [-0.2, 0) is 6.18 Å². The Morgan fingerprint density at radius 2 is 1.83 bits per heavy atom. The van der Waals surface area contributed by atoms with Crippen molar-refractivity contribution < 1.29 is 22.4 Å². The largest absolute Gasteiger partial charge is 0.419 e. The number of aryl methyl sites for hydroxylation is 1. The Bertz CT molecular complexity index is 1190. The maximum absolute atomic E-state index is 14.3. The lowest BCUT2D eigenvalue weighted by Gasteiger charge is -2.40. The van der Waals surface area contributed by atoms with Crippen LogP contribution in [0.25, 0.3) is 11.4 Å². The number of likely N-dealkylation sites (tertiary alicyclic amines) is 1. The third-order valence-electron chi connectivity index (χ3n) is 6.15. The fourth-order valence-corrected chi connectivity index (χ4v) is 4.36. The second-order valence-electron chi connectivity index (χ2n) is 8.58. The number of amides is 1. The summed E-state index contributed by atoms with van der Waals surface area (Å²) in [7, 11) is 0. The minimum atomic E-state index is -4.52. The Balaban J connectivity index is 1.60. The highest BCUT2D eigenvalue weighted by Crippen LogP contribution is 2.31. The summed E-state index contributed by atoms with van der Waals surface area (Å²) in [4.78, 5) is 31.4. The summed E-state index contributed by atoms with van der Waals surface area (Å²) in [6, 6.07) is 3.91. The fraction of sp³-hybridized carbons (Fsp3) is 0.375. The number of rotatable bonds is 5. The molecule has 1 saturated heterocycles. The number of hydrogen-bond acceptors (Lipinski definition) is 6. The second-order valence-corrected chi connectivity index (χ2v) is 8.58. The van der Waals surface area contributed by atoms with Crippen molar-refractivity contribution in [2.75, 3.05) is 18.4 Å². The molecule has 2 aromatic heterocycles. The molecular weight excluding hydrogens is 464 g/mol. The van der Waals surface area contributed by atoms with Gasteiger partial charge in [0.25, 0.3) is 5.91 Å². The van der Waals surface area contributed by atoms with Crippen molar-refractivity contribution >= 4 is 11.9 Å². The molecule has 0 bridgehead atoms. The van der Waals surface area contributed by atoms with E-state index in [0.717, 1.165) is 25.2 Å². The van der Waals surface area contributed by atoms with Gasteiger partial charge in [-0.05, 0) is 49.4 Å². The molecule has 3 heterocycles. The van der Waals surface area contributed by atoms with Crippen molar-refractivity contribution in [2.24, 2.45) is 5.92 Å². The highest BCUT2D eigenvalue weighted by Gasteiger charge is 2.35. The van der Waals surface area contributed by atoms with E-state index in [1.807, 2.05) is 6.92 Å². The van der Waals surface area contributed by atoms with Gasteiger partial charge in [-0.15, -0.1) is 0 Å². The minimum absolute atomic E-state index is 0.0412. The first-order valence-corrected chi connectivity index (χ1v) is 11.2. The normalized spacial score (nSPS) is 18.4. The zero-order valence-corrected chi connectivity index (χ0v) is 19.2. The van der Waals surface area contributed by atoms with Crippen molar-refractivity contribution in [3.63, 3.8) is 0 Å². The number of anilines is 1. The van der Waals surface area contributed by atoms with Crippen LogP contribution in [0.2, 0.25) is 0 Å². The highest BCUT2D eigenvalue weighted by atomic mass is 19.4. The van der Waals surface area contributed by atoms with Crippen molar-refractivity contribution in [3.05, 3.63) is 65.5 Å². The van der Waals surface area contributed by atoms with Gasteiger partial charge in [0.05, 0.1) is 17.2 Å². The van der Waals surface area contributed by atoms with Gasteiger partial charge in [-0.2, -0.15) is 13.2 Å². The van der Waals surface area contributed by atoms with Gasteiger partial charge in [-0.3, -0.25) is 4.79 Å². The zero-order valence-electron chi connectivity index (χ0n) is 19.2. The molecule has 2 atom stereocenters. The molecule has 184 valence electrons. The fourth-order valence-electron chi connectivity index (χ4n) is 4.36. The number of nitrogens with one attached hydrogen (secondary N) is 1. The van der Waals surface area contributed by atoms with E-state index in [2.05, 4.69) is 25.3 Å². The van der Waals surface area contributed by atoms with Crippen molar-refractivity contribution in [3.8, 4) is 11.4 Å². The lowest BCUT2D eigenvalue weighted by molar-refractivity contribution is -0.138. The quantitative estimate of drug-likeness (QED) is 0.522. The topological polar surface area (TPSA) is 83.9 Å². The molecule has 11 heteroatoms. The number of benzene rings is 1. The smallest absolute Gasteiger partial charge is 0.352 e. The monoisotopic (exact) mass is 488 g/mol. The predicted octanol–water partition coefficient (Wildman–Crippen LogP) is 4.75. The number of alkyl halides is 3. The SMILES string of the molecule is Cc1cc(F)cc(-c2ncccn2)c1C(=O)N1CCCC(C)C1CNc1ncc(C(F)(F)F)cn1. The van der Waals surface area contributed by atoms with E-state index in [0.29, 0.717) is 23.2 Å². The molecule has 1 aliphatic rings. The molecule has 1 amide bonds. The maximum Gasteiger partial charge on any atom is 0.419 e. The minimum Gasteiger partial charge on any atom is -0.352 e. The van der Waals surface area contributed by atoms with Gasteiger partial charge >= 0.3 is 6.18 Å². The molecule has 1 aromatic carbocycles. The Kier molecular flexibility index (Phi) is 6.95. The highest BCUT2D eigenvalue weighted by molar-refractivity contribution is 6.01. The Hall–Kier alpha value is -3.63. The average Bonchev–Trinajstić information content (AvgIpc) is 2.82. The van der Waals surface area contributed by atoms with E-state index in [1.54, 1.807) is 17.9 Å². The van der Waals surface area contributed by atoms with Crippen molar-refractivity contribution in [1.82, 2.24) is 24.8 Å². The predicted molar refractivity (Wildman–Crippen MR) is 121 cm³/mol. The number of halogens is 4. The molecule has 2 unspecified atom stereocenters. The van der Waals surface area contributed by atoms with Crippen LogP contribution in [0.15, 0.2) is 43.0 Å². The van der Waals surface area contributed by atoms with Crippen LogP contribution in [0.5, 0.6) is 0 Å². The van der Waals surface area contributed by atoms with Crippen LogP contribution in [0, 0.1) is 18.7 Å². The van der Waals surface area contributed by atoms with Gasteiger partial charge in [0, 0.05) is 43.4 Å². The summed E-state index contributed by atoms with van der Waals surface area (Å²) in [6.07, 6.45) is 1.63. The molecule has 0 radical (unpaired) electrons. The first-order chi connectivity index (χ1) is 16.6. The number of piperidine rings is 1. The molecular formula is C24H24F4N6O. The maximum atomic E-state index is 14.3. The van der Waals surface area contributed by atoms with E-state index in [4.69, 9.17) is 0 Å². The van der Waals surface area contributed by atoms with E-state index in [1.165, 1.54) is 24.5 Å². The van der Waals surface area contributed by atoms with Crippen LogP contribution in [0.1, 0.15) is 41.3 Å². The molecule has 4 rings (SSSR count). The Morgan fingerprint density at radius 3 is 2.49 bits per heavy atom. The van der Waals surface area contributed by atoms with Gasteiger partial charge in [0.2, 0.25) is 5.95 Å². The molecule has 7 nitrogen and oxygen atoms in total. The number of nitrogens with zero attached hydrogens (tertiary/aromatic N) is 5. The summed E-state index contributed by atoms with van der Waals surface area (Å²) >= 11 is 0. The first-order valence-electron chi connectivity index (χ1n) is 11.2. The lowest BCUT2D eigenvalue weighted by atomic mass is 9.89. The van der Waals surface area contributed by atoms with Crippen LogP contribution in [0.3, 0.4) is 0 Å². The van der Waals surface area contributed by atoms with Crippen LogP contribution in [0.4, 0.5) is 23.5 Å². The molecule has 0 saturated carbocycles. The second kappa shape index (κ2) is 9.93. The lowest BCUT2D eigenvalue weighted by Crippen LogP contribution is -2.51. The van der Waals surface area contributed by atoms with E-state index >= 15 is 0 Å². The van der Waals surface area contributed by atoms with E-state index < -0.39 is 17.6 Å². The van der Waals surface area contributed by atoms with Gasteiger partial charge in [0.1, 0.15) is 5.82 Å². The average molecular weight is 488 g/mol. The Morgan fingerprint density at radius 1 is 1.14 bits per heavy atom. The van der Waals surface area contributed by atoms with Gasteiger partial charge in [0.15, 0.2) is 5.82 Å². The number of hydrogen-bond donors (Lipinski definition) is 1. The standard InChI is InChI=1S/C24H24F4N6O/c1-14-5-3-8-34(19(14)13-33-23-31-11-16(12-32-23)24(26,27)28)22(35)20-15(2)9-17(25)10-18(20)21-29-6-4-7-30-21/h4,6-7,9-12,14,19H,3,5,8,13H2,1-2H3,(H,31,32,33). The summed E-state index contributed by atoms with van der Waals surface area (Å²) in [5.41, 5.74) is 0.161. The van der Waals surface area contributed by atoms with Crippen molar-refractivity contribution in [1.29, 1.82) is 0 Å². The molecule has 35 heavy (non-hydrogen) atoms. The molecule has 1 aliphatic heterocycles. The zero-order chi connectivity index (χ0) is 25.2. The van der Waals surface area contributed by atoms with Crippen LogP contribution < -0.4 is 5.32 Å². The third kappa shape index (κ3) is 5.39. The van der Waals surface area contributed by atoms with E-state index in [9.17, 15) is 22.4 Å². The summed E-state index contributed by atoms with van der Waals surface area (Å²) < 4.78 is 52.6. The van der Waals surface area contributed by atoms with Crippen molar-refractivity contribution in [2.45, 2.75) is 38.9 Å². The summed E-state index contributed by atoms with van der Waals surface area (Å²) in [5.74, 6) is -0.384. The van der Waals surface area contributed by atoms with Gasteiger partial charge in [-0.25, -0.2) is 24.3 Å². The molecule has 1 N–H and O–H groups in total. The molecule has 3 aromatic rings. The summed E-state index contributed by atoms with van der Waals surface area (Å²) in [5, 5.41) is 2.96. The number of aromatic nitrogens is 4. The molecule has 0 aliphatic carbocycles. The number of carbonyl (C=O) groups is 1. The molecule has 0 spiro atoms. The van der Waals surface area contributed by atoms with E-state index in [-0.39, 0.29) is 36.2 Å². The van der Waals surface area contributed by atoms with Crippen LogP contribution in [-0.4, -0.2) is 49.9 Å². The Labute approximate surface area is 199 Å². The van der Waals surface area contributed by atoms with Gasteiger partial charge in [-0.1, -0.05) is 6.92 Å². The molecule has 1 fully saturated rings. The first kappa shape index (κ1) is 24.5. The summed E-state index contributed by atoms with van der Waals surface area (Å²) in [6.45, 7) is 4.41. The third-order valence-corrected chi connectivity index (χ3v) is 6.15. The number of carbonyl (C=O) groups excluding carboxylic acids is 1.